The Morgan fingerprint density at radius 2 is 1.90 bits per heavy atom. The molecule has 3 rings (SSSR count). The molecule has 0 saturated carbocycles. The lowest BCUT2D eigenvalue weighted by atomic mass is 10.2. The molecule has 2 aromatic carbocycles. The normalized spacial score (nSPS) is 20.2. The average Bonchev–Trinajstić information content (AvgIpc) is 2.73. The Kier molecular flexibility index (Phi) is 6.78. The van der Waals surface area contributed by atoms with Crippen LogP contribution in [-0.4, -0.2) is 47.4 Å². The molecule has 0 bridgehead atoms. The molecule has 2 N–H and O–H groups in total. The van der Waals surface area contributed by atoms with Gasteiger partial charge in [-0.05, 0) is 42.0 Å². The van der Waals surface area contributed by atoms with Gasteiger partial charge in [0.15, 0.2) is 0 Å². The molecular formula is C19H21FN2O5S2. The number of amides is 1. The number of nitrogens with zero attached hydrogens (tertiary/aromatic N) is 1. The maximum atomic E-state index is 13.1. The second-order valence-corrected chi connectivity index (χ2v) is 9.87. The molecule has 29 heavy (non-hydrogen) atoms. The van der Waals surface area contributed by atoms with Crippen LogP contribution in [0.3, 0.4) is 0 Å². The van der Waals surface area contributed by atoms with E-state index in [0.717, 1.165) is 9.87 Å². The van der Waals surface area contributed by atoms with E-state index in [4.69, 9.17) is 9.94 Å². The van der Waals surface area contributed by atoms with Gasteiger partial charge in [-0.25, -0.2) is 18.3 Å². The molecule has 1 saturated heterocycles. The first-order chi connectivity index (χ1) is 13.8. The molecule has 7 nitrogen and oxygen atoms in total. The van der Waals surface area contributed by atoms with E-state index in [1.807, 2.05) is 0 Å². The van der Waals surface area contributed by atoms with Crippen LogP contribution in [0.25, 0.3) is 0 Å². The first-order valence-corrected chi connectivity index (χ1v) is 11.4. The first-order valence-electron chi connectivity index (χ1n) is 8.87. The number of hydrogen-bond donors (Lipinski definition) is 2. The van der Waals surface area contributed by atoms with Crippen molar-refractivity contribution in [2.75, 3.05) is 12.3 Å². The maximum Gasteiger partial charge on any atom is 0.262 e. The number of benzene rings is 2. The van der Waals surface area contributed by atoms with Crippen LogP contribution < -0.4 is 10.2 Å². The second-order valence-electron chi connectivity index (χ2n) is 6.50. The van der Waals surface area contributed by atoms with Crippen molar-refractivity contribution >= 4 is 27.7 Å². The number of hydrogen-bond acceptors (Lipinski definition) is 6. The average molecular weight is 441 g/mol. The summed E-state index contributed by atoms with van der Waals surface area (Å²) in [6.45, 7) is 2.13. The summed E-state index contributed by atoms with van der Waals surface area (Å²) in [5, 5.41) is 8.69. The zero-order valence-electron chi connectivity index (χ0n) is 15.6. The monoisotopic (exact) mass is 440 g/mol. The molecule has 0 aromatic heterocycles. The number of sulfonamides is 1. The molecule has 0 radical (unpaired) electrons. The molecule has 10 heteroatoms. The summed E-state index contributed by atoms with van der Waals surface area (Å²) < 4.78 is 45.8. The van der Waals surface area contributed by atoms with Crippen LogP contribution in [0.5, 0.6) is 5.75 Å². The minimum atomic E-state index is -3.94. The highest BCUT2D eigenvalue weighted by Gasteiger charge is 2.41. The van der Waals surface area contributed by atoms with E-state index in [2.05, 4.69) is 0 Å². The van der Waals surface area contributed by atoms with Crippen LogP contribution in [0.15, 0.2) is 53.4 Å². The lowest BCUT2D eigenvalue weighted by Crippen LogP contribution is -2.56. The van der Waals surface area contributed by atoms with Crippen molar-refractivity contribution in [1.29, 1.82) is 0 Å². The number of nitrogens with one attached hydrogen (secondary N) is 1. The van der Waals surface area contributed by atoms with Gasteiger partial charge in [0.25, 0.3) is 5.91 Å². The van der Waals surface area contributed by atoms with E-state index in [1.165, 1.54) is 48.2 Å². The summed E-state index contributed by atoms with van der Waals surface area (Å²) >= 11 is 1.47. The molecular weight excluding hydrogens is 419 g/mol. The summed E-state index contributed by atoms with van der Waals surface area (Å²) in [7, 11) is -3.94. The van der Waals surface area contributed by atoms with E-state index in [1.54, 1.807) is 24.5 Å². The molecule has 2 aromatic rings. The highest BCUT2D eigenvalue weighted by molar-refractivity contribution is 8.00. The summed E-state index contributed by atoms with van der Waals surface area (Å²) in [5.41, 5.74) is 2.34. The Bertz CT molecular complexity index is 952. The van der Waals surface area contributed by atoms with Crippen LogP contribution in [-0.2, 0) is 21.4 Å². The lowest BCUT2D eigenvalue weighted by molar-refractivity contribution is -0.133. The summed E-state index contributed by atoms with van der Waals surface area (Å²) in [6.07, 6.45) is 0. The second kappa shape index (κ2) is 9.12. The predicted octanol–water partition coefficient (Wildman–Crippen LogP) is 2.40. The van der Waals surface area contributed by atoms with E-state index in [-0.39, 0.29) is 29.1 Å². The number of ether oxygens (including phenoxy) is 1. The molecule has 0 aliphatic carbocycles. The SMILES string of the molecule is C[C@@H]1SCCN(S(=O)(=O)c2ccc(OCc3ccc(F)cc3)cc2)[C@@H]1C(=O)NO. The first kappa shape index (κ1) is 21.6. The zero-order chi connectivity index (χ0) is 21.0. The van der Waals surface area contributed by atoms with Crippen molar-refractivity contribution < 1.29 is 27.5 Å². The Hall–Kier alpha value is -2.14. The summed E-state index contributed by atoms with van der Waals surface area (Å²) in [5.74, 6) is -0.0796. The minimum Gasteiger partial charge on any atom is -0.489 e. The third-order valence-corrected chi connectivity index (χ3v) is 7.67. The molecule has 0 spiro atoms. The summed E-state index contributed by atoms with van der Waals surface area (Å²) in [4.78, 5) is 12.1. The highest BCUT2D eigenvalue weighted by Crippen LogP contribution is 2.30. The van der Waals surface area contributed by atoms with Gasteiger partial charge in [-0.15, -0.1) is 0 Å². The number of rotatable bonds is 6. The van der Waals surface area contributed by atoms with Crippen molar-refractivity contribution in [3.05, 3.63) is 59.9 Å². The van der Waals surface area contributed by atoms with Gasteiger partial charge < -0.3 is 4.74 Å². The Balaban J connectivity index is 1.75. The number of halogens is 1. The third-order valence-electron chi connectivity index (χ3n) is 4.58. The quantitative estimate of drug-likeness (QED) is 0.529. The summed E-state index contributed by atoms with van der Waals surface area (Å²) in [6, 6.07) is 10.8. The van der Waals surface area contributed by atoms with Crippen LogP contribution in [0.1, 0.15) is 12.5 Å². The number of carbonyl (C=O) groups excluding carboxylic acids is 1. The topological polar surface area (TPSA) is 95.9 Å². The van der Waals surface area contributed by atoms with Gasteiger partial charge in [-0.1, -0.05) is 19.1 Å². The van der Waals surface area contributed by atoms with E-state index >= 15 is 0 Å². The Labute approximate surface area is 172 Å². The molecule has 2 atom stereocenters. The van der Waals surface area contributed by atoms with Crippen molar-refractivity contribution in [3.63, 3.8) is 0 Å². The van der Waals surface area contributed by atoms with E-state index in [9.17, 15) is 17.6 Å². The number of hydroxylamine groups is 1. The van der Waals surface area contributed by atoms with Gasteiger partial charge in [0.05, 0.1) is 4.90 Å². The Morgan fingerprint density at radius 1 is 1.24 bits per heavy atom. The van der Waals surface area contributed by atoms with Gasteiger partial charge in [0.1, 0.15) is 24.2 Å². The molecule has 0 unspecified atom stereocenters. The molecule has 1 fully saturated rings. The van der Waals surface area contributed by atoms with Gasteiger partial charge in [0.2, 0.25) is 10.0 Å². The fourth-order valence-corrected chi connectivity index (χ4v) is 6.04. The van der Waals surface area contributed by atoms with Gasteiger partial charge in [-0.2, -0.15) is 16.1 Å². The zero-order valence-corrected chi connectivity index (χ0v) is 17.2. The maximum absolute atomic E-state index is 13.1. The van der Waals surface area contributed by atoms with Gasteiger partial charge in [0, 0.05) is 17.5 Å². The molecule has 1 aliphatic heterocycles. The van der Waals surface area contributed by atoms with Crippen molar-refractivity contribution in [2.45, 2.75) is 29.7 Å². The third kappa shape index (κ3) is 4.89. The van der Waals surface area contributed by atoms with Crippen LogP contribution >= 0.6 is 11.8 Å². The smallest absolute Gasteiger partial charge is 0.262 e. The molecule has 1 heterocycles. The predicted molar refractivity (Wildman–Crippen MR) is 107 cm³/mol. The van der Waals surface area contributed by atoms with E-state index in [0.29, 0.717) is 11.5 Å². The number of thioether (sulfide) groups is 1. The lowest BCUT2D eigenvalue weighted by Gasteiger charge is -2.36. The van der Waals surface area contributed by atoms with Gasteiger partial charge in [-0.3, -0.25) is 10.0 Å². The fraction of sp³-hybridized carbons (Fsp3) is 0.316. The minimum absolute atomic E-state index is 0.0291. The van der Waals surface area contributed by atoms with Crippen molar-refractivity contribution in [3.8, 4) is 5.75 Å². The molecule has 156 valence electrons. The molecule has 1 aliphatic rings. The van der Waals surface area contributed by atoms with Crippen LogP contribution in [0.4, 0.5) is 4.39 Å². The largest absolute Gasteiger partial charge is 0.489 e. The van der Waals surface area contributed by atoms with E-state index < -0.39 is 22.0 Å². The van der Waals surface area contributed by atoms with Crippen LogP contribution in [0, 0.1) is 5.82 Å². The highest BCUT2D eigenvalue weighted by atomic mass is 32.2. The van der Waals surface area contributed by atoms with Gasteiger partial charge >= 0.3 is 0 Å². The molecule has 1 amide bonds. The standard InChI is InChI=1S/C19H21FN2O5S2/c1-13-18(19(23)21-24)22(10-11-28-13)29(25,26)17-8-6-16(7-9-17)27-12-14-2-4-15(20)5-3-14/h2-9,13,18,24H,10-12H2,1H3,(H,21,23)/t13-,18-/m0/s1. The van der Waals surface area contributed by atoms with Crippen molar-refractivity contribution in [1.82, 2.24) is 9.79 Å². The number of carbonyl (C=O) groups is 1. The van der Waals surface area contributed by atoms with Crippen molar-refractivity contribution in [2.24, 2.45) is 0 Å². The van der Waals surface area contributed by atoms with Crippen LogP contribution in [0.2, 0.25) is 0 Å². The Morgan fingerprint density at radius 3 is 2.52 bits per heavy atom. The fourth-order valence-electron chi connectivity index (χ4n) is 3.06.